The summed E-state index contributed by atoms with van der Waals surface area (Å²) in [5, 5.41) is 3.25. The molecule has 18 heavy (non-hydrogen) atoms. The van der Waals surface area contributed by atoms with Gasteiger partial charge in [0, 0.05) is 12.6 Å². The normalized spacial score (nSPS) is 17.9. The molecule has 0 aromatic heterocycles. The molecule has 1 aromatic carbocycles. The van der Waals surface area contributed by atoms with E-state index in [1.54, 1.807) is 0 Å². The van der Waals surface area contributed by atoms with Gasteiger partial charge in [0.1, 0.15) is 12.4 Å². The van der Waals surface area contributed by atoms with Crippen LogP contribution in [0.5, 0.6) is 5.75 Å². The molecule has 1 N–H and O–H groups in total. The Bertz CT molecular complexity index is 361. The Labute approximate surface area is 110 Å². The van der Waals surface area contributed by atoms with Crippen molar-refractivity contribution in [1.29, 1.82) is 0 Å². The van der Waals surface area contributed by atoms with Crippen molar-refractivity contribution in [2.45, 2.75) is 25.8 Å². The van der Waals surface area contributed by atoms with E-state index in [0.29, 0.717) is 6.04 Å². The maximum atomic E-state index is 5.83. The molecular weight excluding hydrogens is 224 g/mol. The van der Waals surface area contributed by atoms with Crippen LogP contribution >= 0.6 is 0 Å². The van der Waals surface area contributed by atoms with Crippen LogP contribution in [0.3, 0.4) is 0 Å². The van der Waals surface area contributed by atoms with Crippen molar-refractivity contribution in [3.05, 3.63) is 29.8 Å². The van der Waals surface area contributed by atoms with Crippen LogP contribution in [0.15, 0.2) is 24.3 Å². The Balaban J connectivity index is 1.81. The minimum Gasteiger partial charge on any atom is -0.492 e. The number of nitrogens with one attached hydrogen (secondary N) is 1. The van der Waals surface area contributed by atoms with E-state index in [1.165, 1.54) is 31.5 Å². The van der Waals surface area contributed by atoms with Crippen LogP contribution in [0.2, 0.25) is 0 Å². The molecule has 0 radical (unpaired) electrons. The molecule has 1 saturated heterocycles. The number of hydrogen-bond donors (Lipinski definition) is 1. The van der Waals surface area contributed by atoms with Crippen molar-refractivity contribution in [3.63, 3.8) is 0 Å². The number of benzene rings is 1. The van der Waals surface area contributed by atoms with Crippen LogP contribution in [-0.4, -0.2) is 38.2 Å². The highest BCUT2D eigenvalue weighted by Crippen LogP contribution is 2.18. The molecule has 100 valence electrons. The predicted octanol–water partition coefficient (Wildman–Crippen LogP) is 2.44. The van der Waals surface area contributed by atoms with Gasteiger partial charge >= 0.3 is 0 Å². The number of ether oxygens (including phenoxy) is 1. The predicted molar refractivity (Wildman–Crippen MR) is 75.1 cm³/mol. The number of nitrogens with zero attached hydrogens (tertiary/aromatic N) is 1. The van der Waals surface area contributed by atoms with Gasteiger partial charge in [-0.2, -0.15) is 0 Å². The van der Waals surface area contributed by atoms with Gasteiger partial charge in [0.25, 0.3) is 0 Å². The lowest BCUT2D eigenvalue weighted by Gasteiger charge is -2.16. The maximum Gasteiger partial charge on any atom is 0.119 e. The monoisotopic (exact) mass is 248 g/mol. The first kappa shape index (κ1) is 13.4. The van der Waals surface area contributed by atoms with E-state index >= 15 is 0 Å². The van der Waals surface area contributed by atoms with Crippen LogP contribution in [0.4, 0.5) is 0 Å². The van der Waals surface area contributed by atoms with E-state index < -0.39 is 0 Å². The highest BCUT2D eigenvalue weighted by molar-refractivity contribution is 5.30. The average molecular weight is 248 g/mol. The number of rotatable bonds is 6. The summed E-state index contributed by atoms with van der Waals surface area (Å²) in [7, 11) is 1.98. The molecule has 0 bridgehead atoms. The molecule has 0 aliphatic carbocycles. The molecule has 0 spiro atoms. The molecule has 1 heterocycles. The molecule has 1 aromatic rings. The van der Waals surface area contributed by atoms with E-state index in [4.69, 9.17) is 4.74 Å². The molecule has 3 heteroatoms. The van der Waals surface area contributed by atoms with E-state index in [0.717, 1.165) is 18.9 Å². The molecule has 1 fully saturated rings. The Morgan fingerprint density at radius 3 is 2.83 bits per heavy atom. The molecule has 1 aliphatic rings. The molecule has 0 saturated carbocycles. The summed E-state index contributed by atoms with van der Waals surface area (Å²) in [5.74, 6) is 0.980. The van der Waals surface area contributed by atoms with Gasteiger partial charge in [-0.25, -0.2) is 0 Å². The van der Waals surface area contributed by atoms with Crippen molar-refractivity contribution < 1.29 is 4.74 Å². The average Bonchev–Trinajstić information content (AvgIpc) is 2.91. The molecule has 0 amide bonds. The van der Waals surface area contributed by atoms with Gasteiger partial charge in [0.15, 0.2) is 0 Å². The summed E-state index contributed by atoms with van der Waals surface area (Å²) in [5.41, 5.74) is 1.27. The van der Waals surface area contributed by atoms with Gasteiger partial charge in [-0.1, -0.05) is 12.1 Å². The van der Waals surface area contributed by atoms with Crippen LogP contribution in [-0.2, 0) is 0 Å². The number of hydrogen-bond acceptors (Lipinski definition) is 3. The Kier molecular flexibility index (Phi) is 5.02. The molecule has 1 aliphatic heterocycles. The summed E-state index contributed by atoms with van der Waals surface area (Å²) in [4.78, 5) is 2.47. The third kappa shape index (κ3) is 3.72. The second-order valence-electron chi connectivity index (χ2n) is 4.98. The Morgan fingerprint density at radius 1 is 1.33 bits per heavy atom. The highest BCUT2D eigenvalue weighted by Gasteiger charge is 2.11. The fourth-order valence-electron chi connectivity index (χ4n) is 2.34. The molecule has 1 atom stereocenters. The standard InChI is InChI=1S/C15H24N2O/c1-13(16-2)14-6-5-7-15(12-14)18-11-10-17-8-3-4-9-17/h5-7,12-13,16H,3-4,8-11H2,1-2H3. The van der Waals surface area contributed by atoms with Crippen LogP contribution in [0.1, 0.15) is 31.4 Å². The third-order valence-electron chi connectivity index (χ3n) is 3.67. The van der Waals surface area contributed by atoms with Gasteiger partial charge in [-0.3, -0.25) is 4.90 Å². The Hall–Kier alpha value is -1.06. The van der Waals surface area contributed by atoms with Crippen LogP contribution in [0.25, 0.3) is 0 Å². The summed E-state index contributed by atoms with van der Waals surface area (Å²) in [6, 6.07) is 8.73. The molecule has 3 nitrogen and oxygen atoms in total. The lowest BCUT2D eigenvalue weighted by atomic mass is 10.1. The van der Waals surface area contributed by atoms with Gasteiger partial charge in [-0.05, 0) is 57.6 Å². The van der Waals surface area contributed by atoms with Crippen molar-refractivity contribution in [3.8, 4) is 5.75 Å². The zero-order valence-corrected chi connectivity index (χ0v) is 11.5. The fraction of sp³-hybridized carbons (Fsp3) is 0.600. The van der Waals surface area contributed by atoms with Gasteiger partial charge in [0.2, 0.25) is 0 Å². The van der Waals surface area contributed by atoms with Crippen molar-refractivity contribution in [2.75, 3.05) is 33.3 Å². The lowest BCUT2D eigenvalue weighted by Crippen LogP contribution is -2.25. The summed E-state index contributed by atoms with van der Waals surface area (Å²) >= 11 is 0. The van der Waals surface area contributed by atoms with E-state index in [9.17, 15) is 0 Å². The van der Waals surface area contributed by atoms with Crippen LogP contribution in [0, 0.1) is 0 Å². The zero-order chi connectivity index (χ0) is 12.8. The van der Waals surface area contributed by atoms with Gasteiger partial charge < -0.3 is 10.1 Å². The maximum absolute atomic E-state index is 5.83. The first-order valence-electron chi connectivity index (χ1n) is 6.92. The van der Waals surface area contributed by atoms with E-state index in [2.05, 4.69) is 35.3 Å². The van der Waals surface area contributed by atoms with E-state index in [-0.39, 0.29) is 0 Å². The second kappa shape index (κ2) is 6.76. The first-order valence-corrected chi connectivity index (χ1v) is 6.92. The third-order valence-corrected chi connectivity index (χ3v) is 3.67. The first-order chi connectivity index (χ1) is 8.79. The fourth-order valence-corrected chi connectivity index (χ4v) is 2.34. The van der Waals surface area contributed by atoms with Crippen LogP contribution < -0.4 is 10.1 Å². The SMILES string of the molecule is CNC(C)c1cccc(OCCN2CCCC2)c1. The summed E-state index contributed by atoms with van der Waals surface area (Å²) in [6.07, 6.45) is 2.68. The van der Waals surface area contributed by atoms with Gasteiger partial charge in [-0.15, -0.1) is 0 Å². The second-order valence-corrected chi connectivity index (χ2v) is 4.98. The minimum atomic E-state index is 0.368. The smallest absolute Gasteiger partial charge is 0.119 e. The number of likely N-dealkylation sites (tertiary alicyclic amines) is 1. The van der Waals surface area contributed by atoms with E-state index in [1.807, 2.05) is 13.1 Å². The Morgan fingerprint density at radius 2 is 2.11 bits per heavy atom. The largest absolute Gasteiger partial charge is 0.492 e. The van der Waals surface area contributed by atoms with Gasteiger partial charge in [0.05, 0.1) is 0 Å². The highest BCUT2D eigenvalue weighted by atomic mass is 16.5. The molecule has 2 rings (SSSR count). The quantitative estimate of drug-likeness (QED) is 0.837. The molecular formula is C15H24N2O. The lowest BCUT2D eigenvalue weighted by molar-refractivity contribution is 0.237. The summed E-state index contributed by atoms with van der Waals surface area (Å²) in [6.45, 7) is 6.47. The minimum absolute atomic E-state index is 0.368. The summed E-state index contributed by atoms with van der Waals surface area (Å²) < 4.78 is 5.83. The molecule has 1 unspecified atom stereocenters. The van der Waals surface area contributed by atoms with Crippen molar-refractivity contribution >= 4 is 0 Å². The zero-order valence-electron chi connectivity index (χ0n) is 11.5. The van der Waals surface area contributed by atoms with Crippen molar-refractivity contribution in [1.82, 2.24) is 10.2 Å². The topological polar surface area (TPSA) is 24.5 Å². The van der Waals surface area contributed by atoms with Crippen molar-refractivity contribution in [2.24, 2.45) is 0 Å².